The van der Waals surface area contributed by atoms with Crippen LogP contribution in [-0.2, 0) is 0 Å². The van der Waals surface area contributed by atoms with Gasteiger partial charge in [0.1, 0.15) is 0 Å². The molecule has 0 radical (unpaired) electrons. The lowest BCUT2D eigenvalue weighted by atomic mass is 9.94. The normalized spacial score (nSPS) is 11.2. The standard InChI is InChI=1S/C25H15Br2N/c26-19-10-12-23-21(14-19)25(22-15-20(27)11-13-24(22)28-23)18-8-6-17(7-9-18)16-4-2-1-3-5-16/h1-15H. The van der Waals surface area contributed by atoms with Gasteiger partial charge in [0, 0.05) is 25.3 Å². The number of aromatic nitrogens is 1. The first-order chi connectivity index (χ1) is 13.7. The molecule has 0 fully saturated rings. The molecular formula is C25H15Br2N. The van der Waals surface area contributed by atoms with Crippen molar-refractivity contribution in [3.63, 3.8) is 0 Å². The molecule has 0 aliphatic rings. The summed E-state index contributed by atoms with van der Waals surface area (Å²) in [5, 5.41) is 2.29. The number of rotatable bonds is 2. The van der Waals surface area contributed by atoms with Gasteiger partial charge in [0.15, 0.2) is 0 Å². The van der Waals surface area contributed by atoms with E-state index in [9.17, 15) is 0 Å². The Balaban J connectivity index is 1.78. The van der Waals surface area contributed by atoms with Gasteiger partial charge in [0.05, 0.1) is 11.0 Å². The van der Waals surface area contributed by atoms with Crippen LogP contribution in [0.25, 0.3) is 44.1 Å². The van der Waals surface area contributed by atoms with Crippen LogP contribution >= 0.6 is 31.9 Å². The maximum absolute atomic E-state index is 4.87. The van der Waals surface area contributed by atoms with Gasteiger partial charge in [-0.3, -0.25) is 0 Å². The maximum atomic E-state index is 4.87. The predicted molar refractivity (Wildman–Crippen MR) is 126 cm³/mol. The third-order valence-corrected chi connectivity index (χ3v) is 5.96. The predicted octanol–water partition coefficient (Wildman–Crippen LogP) is 8.25. The number of benzene rings is 4. The lowest BCUT2D eigenvalue weighted by Crippen LogP contribution is -1.90. The van der Waals surface area contributed by atoms with Crippen LogP contribution in [0, 0.1) is 0 Å². The van der Waals surface area contributed by atoms with E-state index in [1.54, 1.807) is 0 Å². The van der Waals surface area contributed by atoms with Gasteiger partial charge in [-0.1, -0.05) is 86.5 Å². The van der Waals surface area contributed by atoms with E-state index in [4.69, 9.17) is 4.98 Å². The van der Waals surface area contributed by atoms with E-state index in [1.165, 1.54) is 22.3 Å². The molecule has 0 spiro atoms. The fourth-order valence-corrected chi connectivity index (χ4v) is 4.38. The van der Waals surface area contributed by atoms with Crippen molar-refractivity contribution >= 4 is 53.7 Å². The van der Waals surface area contributed by atoms with Gasteiger partial charge in [0.25, 0.3) is 0 Å². The summed E-state index contributed by atoms with van der Waals surface area (Å²) >= 11 is 7.25. The van der Waals surface area contributed by atoms with Crippen molar-refractivity contribution in [1.82, 2.24) is 4.98 Å². The van der Waals surface area contributed by atoms with E-state index in [0.717, 1.165) is 30.8 Å². The molecule has 5 rings (SSSR count). The zero-order chi connectivity index (χ0) is 19.1. The average Bonchev–Trinajstić information content (AvgIpc) is 2.73. The molecule has 0 atom stereocenters. The third kappa shape index (κ3) is 3.15. The van der Waals surface area contributed by atoms with Crippen LogP contribution in [0.3, 0.4) is 0 Å². The highest BCUT2D eigenvalue weighted by Crippen LogP contribution is 2.37. The average molecular weight is 489 g/mol. The maximum Gasteiger partial charge on any atom is 0.0716 e. The van der Waals surface area contributed by atoms with E-state index >= 15 is 0 Å². The van der Waals surface area contributed by atoms with Crippen molar-refractivity contribution in [3.05, 3.63) is 99.9 Å². The summed E-state index contributed by atoms with van der Waals surface area (Å²) in [4.78, 5) is 4.87. The summed E-state index contributed by atoms with van der Waals surface area (Å²) in [7, 11) is 0. The molecule has 0 aliphatic heterocycles. The molecule has 3 heteroatoms. The first-order valence-corrected chi connectivity index (χ1v) is 10.6. The van der Waals surface area contributed by atoms with Crippen molar-refractivity contribution in [2.75, 3.05) is 0 Å². The smallest absolute Gasteiger partial charge is 0.0716 e. The summed E-state index contributed by atoms with van der Waals surface area (Å²) in [6.45, 7) is 0. The lowest BCUT2D eigenvalue weighted by Gasteiger charge is -2.13. The van der Waals surface area contributed by atoms with Crippen LogP contribution in [0.2, 0.25) is 0 Å². The Morgan fingerprint density at radius 3 is 1.57 bits per heavy atom. The van der Waals surface area contributed by atoms with Crippen LogP contribution < -0.4 is 0 Å². The molecule has 4 aromatic carbocycles. The number of halogens is 2. The first-order valence-electron chi connectivity index (χ1n) is 9.03. The third-order valence-electron chi connectivity index (χ3n) is 4.98. The Bertz CT molecular complexity index is 1250. The summed E-state index contributed by atoms with van der Waals surface area (Å²) in [5.41, 5.74) is 6.84. The fourth-order valence-electron chi connectivity index (χ4n) is 3.66. The van der Waals surface area contributed by atoms with Crippen LogP contribution in [0.1, 0.15) is 0 Å². The molecule has 0 saturated carbocycles. The molecule has 0 aliphatic carbocycles. The van der Waals surface area contributed by atoms with Crippen molar-refractivity contribution < 1.29 is 0 Å². The molecule has 28 heavy (non-hydrogen) atoms. The summed E-state index contributed by atoms with van der Waals surface area (Å²) in [6, 6.07) is 31.8. The minimum atomic E-state index is 1.00. The fraction of sp³-hybridized carbons (Fsp3) is 0. The zero-order valence-corrected chi connectivity index (χ0v) is 18.0. The highest BCUT2D eigenvalue weighted by molar-refractivity contribution is 9.10. The van der Waals surface area contributed by atoms with E-state index < -0.39 is 0 Å². The van der Waals surface area contributed by atoms with Gasteiger partial charge < -0.3 is 0 Å². The zero-order valence-electron chi connectivity index (χ0n) is 14.9. The Kier molecular flexibility index (Phi) is 4.50. The van der Waals surface area contributed by atoms with Crippen LogP contribution in [0.4, 0.5) is 0 Å². The second kappa shape index (κ2) is 7.16. The Hall–Kier alpha value is -2.49. The molecule has 0 amide bonds. The number of hydrogen-bond donors (Lipinski definition) is 0. The molecule has 1 aromatic heterocycles. The monoisotopic (exact) mass is 487 g/mol. The van der Waals surface area contributed by atoms with Crippen molar-refractivity contribution in [2.24, 2.45) is 0 Å². The highest BCUT2D eigenvalue weighted by Gasteiger charge is 2.12. The van der Waals surface area contributed by atoms with Gasteiger partial charge in [-0.05, 0) is 53.1 Å². The van der Waals surface area contributed by atoms with Gasteiger partial charge in [-0.15, -0.1) is 0 Å². The van der Waals surface area contributed by atoms with Gasteiger partial charge >= 0.3 is 0 Å². The highest BCUT2D eigenvalue weighted by atomic mass is 79.9. The van der Waals surface area contributed by atoms with Crippen molar-refractivity contribution in [1.29, 1.82) is 0 Å². The van der Waals surface area contributed by atoms with Crippen molar-refractivity contribution in [3.8, 4) is 22.3 Å². The van der Waals surface area contributed by atoms with E-state index in [-0.39, 0.29) is 0 Å². The SMILES string of the molecule is Brc1ccc2nc3ccc(Br)cc3c(-c3ccc(-c4ccccc4)cc3)c2c1. The Morgan fingerprint density at radius 1 is 0.500 bits per heavy atom. The summed E-state index contributed by atoms with van der Waals surface area (Å²) in [5.74, 6) is 0. The molecule has 0 N–H and O–H groups in total. The first kappa shape index (κ1) is 17.6. The molecular weight excluding hydrogens is 474 g/mol. The summed E-state index contributed by atoms with van der Waals surface area (Å²) in [6.07, 6.45) is 0. The lowest BCUT2D eigenvalue weighted by molar-refractivity contribution is 1.48. The molecule has 0 saturated heterocycles. The summed E-state index contributed by atoms with van der Waals surface area (Å²) < 4.78 is 2.11. The minimum absolute atomic E-state index is 1.00. The number of hydrogen-bond acceptors (Lipinski definition) is 1. The molecule has 134 valence electrons. The second-order valence-electron chi connectivity index (χ2n) is 6.75. The van der Waals surface area contributed by atoms with E-state index in [2.05, 4.69) is 105 Å². The van der Waals surface area contributed by atoms with Gasteiger partial charge in [-0.2, -0.15) is 0 Å². The Morgan fingerprint density at radius 2 is 1.00 bits per heavy atom. The molecule has 5 aromatic rings. The number of fused-ring (bicyclic) bond motifs is 2. The molecule has 1 heterocycles. The van der Waals surface area contributed by atoms with Crippen LogP contribution in [0.5, 0.6) is 0 Å². The molecule has 1 nitrogen and oxygen atoms in total. The van der Waals surface area contributed by atoms with Crippen LogP contribution in [0.15, 0.2) is 99.9 Å². The number of nitrogens with zero attached hydrogens (tertiary/aromatic N) is 1. The van der Waals surface area contributed by atoms with Gasteiger partial charge in [-0.25, -0.2) is 4.98 Å². The Labute approximate surface area is 180 Å². The van der Waals surface area contributed by atoms with E-state index in [0.29, 0.717) is 0 Å². The van der Waals surface area contributed by atoms with Crippen molar-refractivity contribution in [2.45, 2.75) is 0 Å². The van der Waals surface area contributed by atoms with Crippen LogP contribution in [-0.4, -0.2) is 4.98 Å². The topological polar surface area (TPSA) is 12.9 Å². The molecule has 0 bridgehead atoms. The quantitative estimate of drug-likeness (QED) is 0.228. The second-order valence-corrected chi connectivity index (χ2v) is 8.58. The largest absolute Gasteiger partial charge is 0.248 e. The van der Waals surface area contributed by atoms with Gasteiger partial charge in [0.2, 0.25) is 0 Å². The number of pyridine rings is 1. The minimum Gasteiger partial charge on any atom is -0.248 e. The van der Waals surface area contributed by atoms with E-state index in [1.807, 2.05) is 18.2 Å². The molecule has 0 unspecified atom stereocenters.